The monoisotopic (exact) mass is 216 g/mol. The van der Waals surface area contributed by atoms with Crippen molar-refractivity contribution < 1.29 is 9.52 Å². The maximum absolute atomic E-state index is 9.83. The van der Waals surface area contributed by atoms with Crippen molar-refractivity contribution >= 4 is 15.9 Å². The lowest BCUT2D eigenvalue weighted by molar-refractivity contribution is -0.0573. The molecule has 0 atom stereocenters. The van der Waals surface area contributed by atoms with Crippen LogP contribution in [0.1, 0.15) is 25.0 Å². The Kier molecular flexibility index (Phi) is 1.58. The lowest BCUT2D eigenvalue weighted by atomic mass is 9.78. The quantitative estimate of drug-likeness (QED) is 0.783. The molecule has 0 amide bonds. The molecular formula is C8H9BrO2. The summed E-state index contributed by atoms with van der Waals surface area (Å²) in [5.41, 5.74) is -0.678. The molecule has 1 aromatic heterocycles. The van der Waals surface area contributed by atoms with Gasteiger partial charge in [0.2, 0.25) is 0 Å². The predicted octanol–water partition coefficient (Wildman–Crippen LogP) is 2.41. The van der Waals surface area contributed by atoms with E-state index in [4.69, 9.17) is 4.42 Å². The third-order valence-electron chi connectivity index (χ3n) is 2.22. The average Bonchev–Trinajstić information content (AvgIpc) is 2.30. The second kappa shape index (κ2) is 2.35. The molecule has 3 heteroatoms. The van der Waals surface area contributed by atoms with E-state index in [0.717, 1.165) is 23.7 Å². The molecule has 2 nitrogen and oxygen atoms in total. The zero-order valence-corrected chi connectivity index (χ0v) is 7.60. The van der Waals surface area contributed by atoms with Crippen molar-refractivity contribution in [1.82, 2.24) is 0 Å². The number of furan rings is 1. The molecule has 0 radical (unpaired) electrons. The highest BCUT2D eigenvalue weighted by atomic mass is 79.9. The second-order valence-corrected chi connectivity index (χ2v) is 3.84. The van der Waals surface area contributed by atoms with E-state index in [1.165, 1.54) is 0 Å². The summed E-state index contributed by atoms with van der Waals surface area (Å²) in [7, 11) is 0. The largest absolute Gasteiger partial charge is 0.465 e. The van der Waals surface area contributed by atoms with Gasteiger partial charge in [0.15, 0.2) is 0 Å². The van der Waals surface area contributed by atoms with E-state index in [-0.39, 0.29) is 0 Å². The van der Waals surface area contributed by atoms with Crippen LogP contribution < -0.4 is 0 Å². The van der Waals surface area contributed by atoms with E-state index in [9.17, 15) is 5.11 Å². The zero-order chi connectivity index (χ0) is 7.90. The van der Waals surface area contributed by atoms with Gasteiger partial charge in [-0.05, 0) is 41.3 Å². The molecule has 1 fully saturated rings. The molecule has 1 saturated carbocycles. The van der Waals surface area contributed by atoms with E-state index < -0.39 is 5.60 Å². The summed E-state index contributed by atoms with van der Waals surface area (Å²) in [6.45, 7) is 0. The molecule has 1 aliphatic carbocycles. The molecule has 1 aromatic rings. The number of hydrogen-bond acceptors (Lipinski definition) is 2. The van der Waals surface area contributed by atoms with Crippen LogP contribution in [-0.4, -0.2) is 5.11 Å². The Morgan fingerprint density at radius 1 is 1.55 bits per heavy atom. The summed E-state index contributed by atoms with van der Waals surface area (Å²) in [5, 5.41) is 9.83. The zero-order valence-electron chi connectivity index (χ0n) is 6.01. The summed E-state index contributed by atoms with van der Waals surface area (Å²) >= 11 is 3.32. The van der Waals surface area contributed by atoms with Crippen LogP contribution in [0.3, 0.4) is 0 Å². The van der Waals surface area contributed by atoms with E-state index in [1.807, 2.05) is 6.07 Å². The molecule has 1 N–H and O–H groups in total. The summed E-state index contributed by atoms with van der Waals surface area (Å²) in [4.78, 5) is 0. The van der Waals surface area contributed by atoms with Gasteiger partial charge >= 0.3 is 0 Å². The van der Waals surface area contributed by atoms with Gasteiger partial charge in [0, 0.05) is 0 Å². The fraction of sp³-hybridized carbons (Fsp3) is 0.500. The van der Waals surface area contributed by atoms with Gasteiger partial charge in [-0.25, -0.2) is 0 Å². The summed E-state index contributed by atoms with van der Waals surface area (Å²) in [6.07, 6.45) is 4.32. The molecule has 0 aliphatic heterocycles. The van der Waals surface area contributed by atoms with Gasteiger partial charge in [-0.15, -0.1) is 0 Å². The third kappa shape index (κ3) is 1.03. The van der Waals surface area contributed by atoms with Gasteiger partial charge in [-0.3, -0.25) is 0 Å². The van der Waals surface area contributed by atoms with Crippen LogP contribution in [0.2, 0.25) is 0 Å². The number of rotatable bonds is 1. The molecule has 0 spiro atoms. The Bertz CT molecular complexity index is 263. The Hall–Kier alpha value is -0.280. The molecule has 1 aliphatic rings. The predicted molar refractivity (Wildman–Crippen MR) is 44.2 cm³/mol. The minimum Gasteiger partial charge on any atom is -0.465 e. The molecule has 60 valence electrons. The number of hydrogen-bond donors (Lipinski definition) is 1. The van der Waals surface area contributed by atoms with Crippen LogP contribution in [0.5, 0.6) is 0 Å². The Morgan fingerprint density at radius 3 is 2.64 bits per heavy atom. The van der Waals surface area contributed by atoms with Gasteiger partial charge in [0.05, 0.1) is 10.7 Å². The maximum atomic E-state index is 9.83. The Labute approximate surface area is 73.3 Å². The summed E-state index contributed by atoms with van der Waals surface area (Å²) < 4.78 is 6.05. The molecule has 11 heavy (non-hydrogen) atoms. The van der Waals surface area contributed by atoms with Crippen LogP contribution in [-0.2, 0) is 5.60 Å². The van der Waals surface area contributed by atoms with Crippen LogP contribution in [0, 0.1) is 0 Å². The Balaban J connectivity index is 2.35. The van der Waals surface area contributed by atoms with Gasteiger partial charge in [0.25, 0.3) is 0 Å². The van der Waals surface area contributed by atoms with Crippen LogP contribution in [0.4, 0.5) is 0 Å². The van der Waals surface area contributed by atoms with Crippen molar-refractivity contribution in [2.45, 2.75) is 24.9 Å². The summed E-state index contributed by atoms with van der Waals surface area (Å²) in [6, 6.07) is 1.81. The van der Waals surface area contributed by atoms with Crippen molar-refractivity contribution in [2.24, 2.45) is 0 Å². The van der Waals surface area contributed by atoms with Crippen molar-refractivity contribution in [2.75, 3.05) is 0 Å². The molecule has 0 saturated heterocycles. The standard InChI is InChI=1S/C8H9BrO2/c9-6-2-5-11-7(6)8(10)3-1-4-8/h2,5,10H,1,3-4H2. The topological polar surface area (TPSA) is 33.4 Å². The van der Waals surface area contributed by atoms with E-state index in [2.05, 4.69) is 15.9 Å². The first-order chi connectivity index (χ1) is 5.22. The summed E-state index contributed by atoms with van der Waals surface area (Å²) in [5.74, 6) is 0.684. The first kappa shape index (κ1) is 7.37. The molecule has 0 bridgehead atoms. The van der Waals surface area contributed by atoms with Crippen LogP contribution in [0.15, 0.2) is 21.2 Å². The van der Waals surface area contributed by atoms with Crippen molar-refractivity contribution in [3.8, 4) is 0 Å². The number of halogens is 1. The van der Waals surface area contributed by atoms with Crippen molar-refractivity contribution in [3.05, 3.63) is 22.6 Å². The molecule has 2 rings (SSSR count). The van der Waals surface area contributed by atoms with Crippen LogP contribution >= 0.6 is 15.9 Å². The minimum atomic E-state index is -0.678. The van der Waals surface area contributed by atoms with Gasteiger partial charge < -0.3 is 9.52 Å². The minimum absolute atomic E-state index is 0.678. The smallest absolute Gasteiger partial charge is 0.149 e. The first-order valence-corrected chi connectivity index (χ1v) is 4.47. The molecular weight excluding hydrogens is 208 g/mol. The molecule has 1 heterocycles. The van der Waals surface area contributed by atoms with Gasteiger partial charge in [0.1, 0.15) is 11.4 Å². The van der Waals surface area contributed by atoms with Gasteiger partial charge in [-0.2, -0.15) is 0 Å². The maximum Gasteiger partial charge on any atom is 0.149 e. The van der Waals surface area contributed by atoms with Crippen molar-refractivity contribution in [3.63, 3.8) is 0 Å². The lowest BCUT2D eigenvalue weighted by Gasteiger charge is -2.34. The molecule has 0 aromatic carbocycles. The van der Waals surface area contributed by atoms with E-state index in [0.29, 0.717) is 5.76 Å². The fourth-order valence-corrected chi connectivity index (χ4v) is 1.93. The van der Waals surface area contributed by atoms with E-state index in [1.54, 1.807) is 6.26 Å². The van der Waals surface area contributed by atoms with Crippen LogP contribution in [0.25, 0.3) is 0 Å². The average molecular weight is 217 g/mol. The fourth-order valence-electron chi connectivity index (χ4n) is 1.36. The number of aliphatic hydroxyl groups is 1. The highest BCUT2D eigenvalue weighted by Gasteiger charge is 2.40. The first-order valence-electron chi connectivity index (χ1n) is 3.68. The van der Waals surface area contributed by atoms with Gasteiger partial charge in [-0.1, -0.05) is 0 Å². The lowest BCUT2D eigenvalue weighted by Crippen LogP contribution is -2.33. The second-order valence-electron chi connectivity index (χ2n) is 2.98. The highest BCUT2D eigenvalue weighted by molar-refractivity contribution is 9.10. The Morgan fingerprint density at radius 2 is 2.27 bits per heavy atom. The molecule has 0 unspecified atom stereocenters. The van der Waals surface area contributed by atoms with E-state index >= 15 is 0 Å². The highest BCUT2D eigenvalue weighted by Crippen LogP contribution is 2.44. The third-order valence-corrected chi connectivity index (χ3v) is 2.85. The SMILES string of the molecule is OC1(c2occc2Br)CCC1. The van der Waals surface area contributed by atoms with Crippen molar-refractivity contribution in [1.29, 1.82) is 0 Å². The normalized spacial score (nSPS) is 21.3.